The lowest BCUT2D eigenvalue weighted by molar-refractivity contribution is 0.0748. The Kier molecular flexibility index (Phi) is 5.64. The summed E-state index contributed by atoms with van der Waals surface area (Å²) in [5, 5.41) is 1.87. The van der Waals surface area contributed by atoms with Gasteiger partial charge in [0.1, 0.15) is 0 Å². The number of carbonyl (C=O) groups is 1. The van der Waals surface area contributed by atoms with Gasteiger partial charge in [-0.25, -0.2) is 15.0 Å². The van der Waals surface area contributed by atoms with Gasteiger partial charge >= 0.3 is 0 Å². The molecule has 0 unspecified atom stereocenters. The molecule has 3 heterocycles. The van der Waals surface area contributed by atoms with E-state index in [4.69, 9.17) is 28.2 Å². The van der Waals surface area contributed by atoms with Gasteiger partial charge in [0.15, 0.2) is 0 Å². The second-order valence-electron chi connectivity index (χ2n) is 7.52. The largest absolute Gasteiger partial charge is 0.337 e. The Morgan fingerprint density at radius 2 is 1.62 bits per heavy atom. The molecule has 1 amide bonds. The summed E-state index contributed by atoms with van der Waals surface area (Å²) < 4.78 is 0. The monoisotopic (exact) mass is 463 g/mol. The van der Waals surface area contributed by atoms with Crippen LogP contribution in [0, 0.1) is 0 Å². The lowest BCUT2D eigenvalue weighted by atomic mass is 10.0. The summed E-state index contributed by atoms with van der Waals surface area (Å²) in [7, 11) is 0. The number of carbonyl (C=O) groups excluding carboxylic acids is 1. The average Bonchev–Trinajstić information content (AvgIpc) is 2.83. The summed E-state index contributed by atoms with van der Waals surface area (Å²) in [6, 6.07) is 16.6. The fourth-order valence-electron chi connectivity index (χ4n) is 3.92. The van der Waals surface area contributed by atoms with Crippen molar-refractivity contribution in [1.29, 1.82) is 0 Å². The van der Waals surface area contributed by atoms with Crippen molar-refractivity contribution in [3.8, 4) is 11.3 Å². The standard InChI is InChI=1S/C24H19Cl2N5O/c25-16-6-7-18(20(26)14-16)22-15-19(17-4-1-2-5-21(17)29-22)23(32)30-10-12-31(13-11-30)24-27-8-3-9-28-24/h1-9,14-15H,10-13H2. The highest BCUT2D eigenvalue weighted by molar-refractivity contribution is 6.36. The molecule has 1 fully saturated rings. The quantitative estimate of drug-likeness (QED) is 0.429. The van der Waals surface area contributed by atoms with Crippen molar-refractivity contribution < 1.29 is 4.79 Å². The van der Waals surface area contributed by atoms with Crippen LogP contribution in [0.25, 0.3) is 22.2 Å². The number of halogens is 2. The highest BCUT2D eigenvalue weighted by atomic mass is 35.5. The summed E-state index contributed by atoms with van der Waals surface area (Å²) in [6.45, 7) is 2.53. The van der Waals surface area contributed by atoms with Crippen LogP contribution in [0.2, 0.25) is 10.0 Å². The second-order valence-corrected chi connectivity index (χ2v) is 8.37. The van der Waals surface area contributed by atoms with Crippen molar-refractivity contribution in [3.05, 3.63) is 82.6 Å². The second kappa shape index (κ2) is 8.73. The van der Waals surface area contributed by atoms with Gasteiger partial charge in [-0.3, -0.25) is 4.79 Å². The molecule has 32 heavy (non-hydrogen) atoms. The van der Waals surface area contributed by atoms with Gasteiger partial charge in [0.05, 0.1) is 21.8 Å². The summed E-state index contributed by atoms with van der Waals surface area (Å²) in [5.74, 6) is 0.664. The third-order valence-electron chi connectivity index (χ3n) is 5.56. The molecule has 0 N–H and O–H groups in total. The number of benzene rings is 2. The number of anilines is 1. The lowest BCUT2D eigenvalue weighted by Gasteiger charge is -2.34. The highest BCUT2D eigenvalue weighted by Crippen LogP contribution is 2.32. The summed E-state index contributed by atoms with van der Waals surface area (Å²) in [5.41, 5.74) is 2.74. The normalized spacial score (nSPS) is 14.1. The van der Waals surface area contributed by atoms with Gasteiger partial charge in [-0.2, -0.15) is 0 Å². The van der Waals surface area contributed by atoms with E-state index in [1.165, 1.54) is 0 Å². The first-order valence-electron chi connectivity index (χ1n) is 10.3. The molecule has 1 saturated heterocycles. The Labute approximate surface area is 195 Å². The maximum atomic E-state index is 13.6. The SMILES string of the molecule is O=C(c1cc(-c2ccc(Cl)cc2Cl)nc2ccccc12)N1CCN(c2ncccn2)CC1. The number of rotatable bonds is 3. The first-order valence-corrected chi connectivity index (χ1v) is 11.0. The third-order valence-corrected chi connectivity index (χ3v) is 6.10. The molecule has 0 atom stereocenters. The lowest BCUT2D eigenvalue weighted by Crippen LogP contribution is -2.49. The Bertz CT molecular complexity index is 1290. The van der Waals surface area contributed by atoms with Crippen molar-refractivity contribution in [2.75, 3.05) is 31.1 Å². The van der Waals surface area contributed by atoms with E-state index < -0.39 is 0 Å². The van der Waals surface area contributed by atoms with Crippen LogP contribution < -0.4 is 4.90 Å². The number of fused-ring (bicyclic) bond motifs is 1. The molecule has 0 saturated carbocycles. The Balaban J connectivity index is 1.47. The molecule has 2 aromatic carbocycles. The fraction of sp³-hybridized carbons (Fsp3) is 0.167. The molecule has 2 aromatic heterocycles. The van der Waals surface area contributed by atoms with Crippen LogP contribution in [-0.2, 0) is 0 Å². The zero-order valence-corrected chi connectivity index (χ0v) is 18.6. The Morgan fingerprint density at radius 3 is 2.38 bits per heavy atom. The van der Waals surface area contributed by atoms with Gasteiger partial charge in [0.2, 0.25) is 5.95 Å². The predicted octanol–water partition coefficient (Wildman–Crippen LogP) is 4.96. The molecule has 0 aliphatic carbocycles. The van der Waals surface area contributed by atoms with Gasteiger partial charge in [-0.05, 0) is 36.4 Å². The van der Waals surface area contributed by atoms with E-state index >= 15 is 0 Å². The minimum atomic E-state index is -0.0245. The Hall–Kier alpha value is -3.22. The van der Waals surface area contributed by atoms with E-state index in [-0.39, 0.29) is 5.91 Å². The number of piperazine rings is 1. The van der Waals surface area contributed by atoms with Crippen molar-refractivity contribution >= 4 is 46.0 Å². The van der Waals surface area contributed by atoms with E-state index in [0.29, 0.717) is 53.4 Å². The van der Waals surface area contributed by atoms with Crippen molar-refractivity contribution in [2.45, 2.75) is 0 Å². The molecule has 160 valence electrons. The average molecular weight is 464 g/mol. The zero-order valence-electron chi connectivity index (χ0n) is 17.1. The first-order chi connectivity index (χ1) is 15.6. The maximum Gasteiger partial charge on any atom is 0.254 e. The van der Waals surface area contributed by atoms with Crippen LogP contribution in [0.3, 0.4) is 0 Å². The topological polar surface area (TPSA) is 62.2 Å². The fourth-order valence-corrected chi connectivity index (χ4v) is 4.43. The Morgan fingerprint density at radius 1 is 0.875 bits per heavy atom. The van der Waals surface area contributed by atoms with Crippen molar-refractivity contribution in [3.63, 3.8) is 0 Å². The van der Waals surface area contributed by atoms with Crippen molar-refractivity contribution in [2.24, 2.45) is 0 Å². The zero-order chi connectivity index (χ0) is 22.1. The third kappa shape index (κ3) is 3.99. The molecule has 1 aliphatic rings. The molecular weight excluding hydrogens is 445 g/mol. The smallest absolute Gasteiger partial charge is 0.254 e. The molecule has 8 heteroatoms. The van der Waals surface area contributed by atoms with Crippen LogP contribution in [0.1, 0.15) is 10.4 Å². The van der Waals surface area contributed by atoms with Crippen LogP contribution in [0.4, 0.5) is 5.95 Å². The van der Waals surface area contributed by atoms with Gasteiger partial charge in [0.25, 0.3) is 5.91 Å². The number of hydrogen-bond acceptors (Lipinski definition) is 5. The molecule has 4 aromatic rings. The van der Waals surface area contributed by atoms with Gasteiger partial charge in [-0.1, -0.05) is 41.4 Å². The molecular formula is C24H19Cl2N5O. The maximum absolute atomic E-state index is 13.6. The molecule has 5 rings (SSSR count). The molecule has 1 aliphatic heterocycles. The van der Waals surface area contributed by atoms with Crippen LogP contribution in [0.5, 0.6) is 0 Å². The summed E-state index contributed by atoms with van der Waals surface area (Å²) >= 11 is 12.5. The summed E-state index contributed by atoms with van der Waals surface area (Å²) in [4.78, 5) is 30.9. The molecule has 6 nitrogen and oxygen atoms in total. The first kappa shape index (κ1) is 20.7. The number of aromatic nitrogens is 3. The van der Waals surface area contributed by atoms with Gasteiger partial charge < -0.3 is 9.80 Å². The number of pyridine rings is 1. The van der Waals surface area contributed by atoms with E-state index in [1.807, 2.05) is 41.3 Å². The molecule has 0 radical (unpaired) electrons. The van der Waals surface area contributed by atoms with Crippen molar-refractivity contribution in [1.82, 2.24) is 19.9 Å². The number of nitrogens with zero attached hydrogens (tertiary/aromatic N) is 5. The van der Waals surface area contributed by atoms with E-state index in [9.17, 15) is 4.79 Å². The van der Waals surface area contributed by atoms with Gasteiger partial charge in [0, 0.05) is 54.5 Å². The number of para-hydroxylation sites is 1. The number of hydrogen-bond donors (Lipinski definition) is 0. The van der Waals surface area contributed by atoms with Crippen LogP contribution in [0.15, 0.2) is 67.0 Å². The van der Waals surface area contributed by atoms with E-state index in [1.54, 1.807) is 30.6 Å². The van der Waals surface area contributed by atoms with Crippen LogP contribution in [-0.4, -0.2) is 51.9 Å². The number of amides is 1. The highest BCUT2D eigenvalue weighted by Gasteiger charge is 2.25. The van der Waals surface area contributed by atoms with Crippen LogP contribution >= 0.6 is 23.2 Å². The van der Waals surface area contributed by atoms with E-state index in [0.717, 1.165) is 16.5 Å². The minimum absolute atomic E-state index is 0.0245. The molecule has 0 bridgehead atoms. The van der Waals surface area contributed by atoms with Gasteiger partial charge in [-0.15, -0.1) is 0 Å². The minimum Gasteiger partial charge on any atom is -0.337 e. The summed E-state index contributed by atoms with van der Waals surface area (Å²) in [6.07, 6.45) is 3.46. The molecule has 0 spiro atoms. The predicted molar refractivity (Wildman–Crippen MR) is 127 cm³/mol. The van der Waals surface area contributed by atoms with E-state index in [2.05, 4.69) is 14.9 Å².